The lowest BCUT2D eigenvalue weighted by molar-refractivity contribution is 0.00310. The second-order valence-corrected chi connectivity index (χ2v) is 6.18. The van der Waals surface area contributed by atoms with E-state index in [0.29, 0.717) is 26.3 Å². The summed E-state index contributed by atoms with van der Waals surface area (Å²) in [6.07, 6.45) is -0.663. The normalized spacial score (nSPS) is 29.6. The van der Waals surface area contributed by atoms with Gasteiger partial charge in [0.1, 0.15) is 5.60 Å². The van der Waals surface area contributed by atoms with Gasteiger partial charge in [-0.1, -0.05) is 0 Å². The molecule has 0 aliphatic carbocycles. The first-order chi connectivity index (χ1) is 8.87. The van der Waals surface area contributed by atoms with Crippen LogP contribution in [0.4, 0.5) is 4.79 Å². The number of rotatable bonds is 1. The Morgan fingerprint density at radius 2 is 1.84 bits per heavy atom. The molecule has 6 heteroatoms. The number of piperazine rings is 1. The minimum Gasteiger partial charge on any atom is -0.444 e. The molecule has 2 aliphatic rings. The fraction of sp³-hybridized carbons (Fsp3) is 0.923. The fourth-order valence-corrected chi connectivity index (χ4v) is 2.44. The van der Waals surface area contributed by atoms with Crippen LogP contribution in [0.2, 0.25) is 0 Å². The van der Waals surface area contributed by atoms with E-state index < -0.39 is 11.7 Å². The number of aliphatic hydroxyl groups is 1. The monoisotopic (exact) mass is 272 g/mol. The van der Waals surface area contributed by atoms with Crippen molar-refractivity contribution in [2.75, 3.05) is 39.4 Å². The molecular formula is C13H24N2O4. The Bertz CT molecular complexity index is 321. The molecule has 2 aliphatic heterocycles. The molecule has 0 aromatic carbocycles. The van der Waals surface area contributed by atoms with Crippen molar-refractivity contribution < 1.29 is 19.4 Å². The highest BCUT2D eigenvalue weighted by Gasteiger charge is 2.34. The molecular weight excluding hydrogens is 248 g/mol. The Balaban J connectivity index is 1.80. The quantitative estimate of drug-likeness (QED) is 0.744. The average Bonchev–Trinajstić information content (AvgIpc) is 2.73. The van der Waals surface area contributed by atoms with Crippen molar-refractivity contribution in [3.63, 3.8) is 0 Å². The molecule has 0 radical (unpaired) electrons. The Kier molecular flexibility index (Phi) is 4.32. The van der Waals surface area contributed by atoms with Crippen LogP contribution < -0.4 is 0 Å². The van der Waals surface area contributed by atoms with E-state index in [9.17, 15) is 9.90 Å². The molecule has 2 saturated heterocycles. The lowest BCUT2D eigenvalue weighted by Gasteiger charge is -2.38. The maximum atomic E-state index is 11.9. The Morgan fingerprint density at radius 1 is 1.21 bits per heavy atom. The number of carbonyl (C=O) groups excluding carboxylic acids is 1. The summed E-state index contributed by atoms with van der Waals surface area (Å²) in [5, 5.41) is 9.80. The third-order valence-electron chi connectivity index (χ3n) is 3.46. The van der Waals surface area contributed by atoms with E-state index in [0.717, 1.165) is 13.1 Å². The molecule has 6 nitrogen and oxygen atoms in total. The van der Waals surface area contributed by atoms with Gasteiger partial charge >= 0.3 is 6.09 Å². The van der Waals surface area contributed by atoms with Crippen molar-refractivity contribution in [2.24, 2.45) is 0 Å². The summed E-state index contributed by atoms with van der Waals surface area (Å²) in [6.45, 7) is 9.38. The summed E-state index contributed by atoms with van der Waals surface area (Å²) in [5.41, 5.74) is -0.455. The highest BCUT2D eigenvalue weighted by molar-refractivity contribution is 5.68. The van der Waals surface area contributed by atoms with Crippen LogP contribution in [-0.4, -0.2) is 78.1 Å². The highest BCUT2D eigenvalue weighted by Crippen LogP contribution is 2.17. The molecule has 0 spiro atoms. The van der Waals surface area contributed by atoms with E-state index in [-0.39, 0.29) is 12.1 Å². The van der Waals surface area contributed by atoms with E-state index in [1.54, 1.807) is 4.90 Å². The van der Waals surface area contributed by atoms with Crippen LogP contribution in [0.5, 0.6) is 0 Å². The van der Waals surface area contributed by atoms with Crippen LogP contribution in [-0.2, 0) is 9.47 Å². The van der Waals surface area contributed by atoms with Gasteiger partial charge in [0.05, 0.1) is 25.4 Å². The zero-order valence-corrected chi connectivity index (χ0v) is 12.0. The second-order valence-electron chi connectivity index (χ2n) is 6.18. The van der Waals surface area contributed by atoms with E-state index in [4.69, 9.17) is 9.47 Å². The van der Waals surface area contributed by atoms with Gasteiger partial charge in [-0.2, -0.15) is 0 Å². The standard InChI is InChI=1S/C13H24N2O4/c1-13(2,3)19-12(17)15-6-4-14(5-7-15)10-8-18-9-11(10)16/h10-11,16H,4-9H2,1-3H3/t10-,11+/m1/s1. The number of ether oxygens (including phenoxy) is 2. The molecule has 1 amide bonds. The van der Waals surface area contributed by atoms with E-state index >= 15 is 0 Å². The van der Waals surface area contributed by atoms with Crippen LogP contribution in [0, 0.1) is 0 Å². The van der Waals surface area contributed by atoms with Crippen molar-refractivity contribution in [2.45, 2.75) is 38.5 Å². The molecule has 0 aromatic rings. The van der Waals surface area contributed by atoms with Crippen molar-refractivity contribution in [3.8, 4) is 0 Å². The first-order valence-electron chi connectivity index (χ1n) is 6.84. The number of hydrogen-bond acceptors (Lipinski definition) is 5. The van der Waals surface area contributed by atoms with Gasteiger partial charge in [0.25, 0.3) is 0 Å². The summed E-state index contributed by atoms with van der Waals surface area (Å²) in [6, 6.07) is 0.0702. The smallest absolute Gasteiger partial charge is 0.410 e. The molecule has 2 atom stereocenters. The molecule has 0 bridgehead atoms. The number of amides is 1. The van der Waals surface area contributed by atoms with Gasteiger partial charge in [0, 0.05) is 26.2 Å². The van der Waals surface area contributed by atoms with Gasteiger partial charge in [-0.3, -0.25) is 4.90 Å². The van der Waals surface area contributed by atoms with Crippen LogP contribution in [0.25, 0.3) is 0 Å². The summed E-state index contributed by atoms with van der Waals surface area (Å²) in [7, 11) is 0. The lowest BCUT2D eigenvalue weighted by atomic mass is 10.1. The zero-order chi connectivity index (χ0) is 14.0. The average molecular weight is 272 g/mol. The summed E-state index contributed by atoms with van der Waals surface area (Å²) in [4.78, 5) is 15.8. The van der Waals surface area contributed by atoms with Gasteiger partial charge in [0.15, 0.2) is 0 Å². The molecule has 0 saturated carbocycles. The van der Waals surface area contributed by atoms with Gasteiger partial charge in [-0.15, -0.1) is 0 Å². The van der Waals surface area contributed by atoms with E-state index in [2.05, 4.69) is 4.90 Å². The highest BCUT2D eigenvalue weighted by atomic mass is 16.6. The molecule has 2 fully saturated rings. The Morgan fingerprint density at radius 3 is 2.32 bits per heavy atom. The Hall–Kier alpha value is -0.850. The van der Waals surface area contributed by atoms with E-state index in [1.165, 1.54) is 0 Å². The fourth-order valence-electron chi connectivity index (χ4n) is 2.44. The molecule has 0 unspecified atom stereocenters. The first kappa shape index (κ1) is 14.6. The number of carbonyl (C=O) groups is 1. The zero-order valence-electron chi connectivity index (χ0n) is 12.0. The van der Waals surface area contributed by atoms with Crippen molar-refractivity contribution in [3.05, 3.63) is 0 Å². The van der Waals surface area contributed by atoms with Crippen LogP contribution in [0.1, 0.15) is 20.8 Å². The predicted molar refractivity (Wildman–Crippen MR) is 70.0 cm³/mol. The third-order valence-corrected chi connectivity index (χ3v) is 3.46. The number of nitrogens with zero attached hydrogens (tertiary/aromatic N) is 2. The molecule has 2 heterocycles. The molecule has 19 heavy (non-hydrogen) atoms. The first-order valence-corrected chi connectivity index (χ1v) is 6.84. The molecule has 110 valence electrons. The minimum absolute atomic E-state index is 0.0702. The molecule has 2 rings (SSSR count). The van der Waals surface area contributed by atoms with Crippen molar-refractivity contribution >= 4 is 6.09 Å². The Labute approximate surface area is 114 Å². The van der Waals surface area contributed by atoms with Gasteiger partial charge < -0.3 is 19.5 Å². The van der Waals surface area contributed by atoms with Crippen LogP contribution in [0.15, 0.2) is 0 Å². The summed E-state index contributed by atoms with van der Waals surface area (Å²) < 4.78 is 10.6. The second kappa shape index (κ2) is 5.64. The maximum absolute atomic E-state index is 11.9. The van der Waals surface area contributed by atoms with Gasteiger partial charge in [0.2, 0.25) is 0 Å². The van der Waals surface area contributed by atoms with Crippen LogP contribution >= 0.6 is 0 Å². The van der Waals surface area contributed by atoms with Crippen molar-refractivity contribution in [1.29, 1.82) is 0 Å². The van der Waals surface area contributed by atoms with Gasteiger partial charge in [-0.25, -0.2) is 4.79 Å². The van der Waals surface area contributed by atoms with E-state index in [1.807, 2.05) is 20.8 Å². The predicted octanol–water partition coefficient (Wildman–Crippen LogP) is 0.299. The number of hydrogen-bond donors (Lipinski definition) is 1. The topological polar surface area (TPSA) is 62.2 Å². The maximum Gasteiger partial charge on any atom is 0.410 e. The third kappa shape index (κ3) is 3.81. The summed E-state index contributed by atoms with van der Waals surface area (Å²) >= 11 is 0. The molecule has 1 N–H and O–H groups in total. The van der Waals surface area contributed by atoms with Crippen molar-refractivity contribution in [1.82, 2.24) is 9.80 Å². The van der Waals surface area contributed by atoms with Crippen LogP contribution in [0.3, 0.4) is 0 Å². The molecule has 0 aromatic heterocycles. The minimum atomic E-state index is -0.455. The summed E-state index contributed by atoms with van der Waals surface area (Å²) in [5.74, 6) is 0. The lowest BCUT2D eigenvalue weighted by Crippen LogP contribution is -2.55. The van der Waals surface area contributed by atoms with Gasteiger partial charge in [-0.05, 0) is 20.8 Å². The largest absolute Gasteiger partial charge is 0.444 e. The number of aliphatic hydroxyl groups excluding tert-OH is 1. The SMILES string of the molecule is CC(C)(C)OC(=O)N1CCN([C@@H]2COC[C@@H]2O)CC1.